The Morgan fingerprint density at radius 2 is 1.70 bits per heavy atom. The fourth-order valence-corrected chi connectivity index (χ4v) is 4.02. The molecular weight excluding hydrogens is 460 g/mol. The molecule has 4 aromatic rings. The summed E-state index contributed by atoms with van der Waals surface area (Å²) in [6.07, 6.45) is 0. The summed E-state index contributed by atoms with van der Waals surface area (Å²) in [5.74, 6) is 0.521. The second kappa shape index (κ2) is 9.64. The number of amides is 2. The van der Waals surface area contributed by atoms with Crippen molar-refractivity contribution in [2.75, 3.05) is 10.6 Å². The smallest absolute Gasteiger partial charge is 0.256 e. The van der Waals surface area contributed by atoms with Crippen molar-refractivity contribution < 1.29 is 14.0 Å². The van der Waals surface area contributed by atoms with Crippen LogP contribution in [0.3, 0.4) is 0 Å². The number of nitrogens with one attached hydrogen (secondary N) is 2. The number of benzene rings is 2. The Hall–Kier alpha value is -3.36. The van der Waals surface area contributed by atoms with Gasteiger partial charge in [0.2, 0.25) is 11.6 Å². The van der Waals surface area contributed by atoms with E-state index >= 15 is 0 Å². The molecule has 0 saturated carbocycles. The van der Waals surface area contributed by atoms with Crippen molar-refractivity contribution in [3.05, 3.63) is 76.5 Å². The Morgan fingerprint density at radius 1 is 1.00 bits per heavy atom. The molecule has 0 aliphatic carbocycles. The van der Waals surface area contributed by atoms with E-state index in [1.165, 1.54) is 11.8 Å². The molecule has 0 spiro atoms. The molecule has 1 unspecified atom stereocenters. The molecule has 2 N–H and O–H groups in total. The Bertz CT molecular complexity index is 1320. The van der Waals surface area contributed by atoms with Crippen LogP contribution in [-0.4, -0.2) is 27.0 Å². The van der Waals surface area contributed by atoms with E-state index in [0.717, 1.165) is 5.56 Å². The number of nitrogens with zero attached hydrogens (tertiary/aromatic N) is 2. The summed E-state index contributed by atoms with van der Waals surface area (Å²) in [6, 6.07) is 15.7. The second-order valence-electron chi connectivity index (χ2n) is 7.39. The maximum Gasteiger partial charge on any atom is 0.256 e. The van der Waals surface area contributed by atoms with Gasteiger partial charge < -0.3 is 15.1 Å². The predicted octanol–water partition coefficient (Wildman–Crippen LogP) is 5.86. The second-order valence-corrected chi connectivity index (χ2v) is 9.14. The highest BCUT2D eigenvalue weighted by atomic mass is 35.5. The van der Waals surface area contributed by atoms with Crippen LogP contribution in [0, 0.1) is 13.8 Å². The molecule has 2 heterocycles. The van der Waals surface area contributed by atoms with E-state index in [1.54, 1.807) is 55.5 Å². The number of aromatic nitrogens is 2. The zero-order valence-electron chi connectivity index (χ0n) is 18.2. The maximum absolute atomic E-state index is 12.8. The third-order valence-electron chi connectivity index (χ3n) is 5.04. The van der Waals surface area contributed by atoms with Gasteiger partial charge in [-0.2, -0.15) is 4.98 Å². The van der Waals surface area contributed by atoms with Crippen LogP contribution < -0.4 is 10.6 Å². The summed E-state index contributed by atoms with van der Waals surface area (Å²) < 4.78 is 5.79. The lowest BCUT2D eigenvalue weighted by atomic mass is 10.2. The number of anilines is 2. The predicted molar refractivity (Wildman–Crippen MR) is 131 cm³/mol. The summed E-state index contributed by atoms with van der Waals surface area (Å²) in [5.41, 5.74) is 2.35. The van der Waals surface area contributed by atoms with Crippen LogP contribution >= 0.6 is 23.4 Å². The van der Waals surface area contributed by atoms with Crippen molar-refractivity contribution in [3.8, 4) is 0 Å². The zero-order chi connectivity index (χ0) is 23.5. The molecule has 0 bridgehead atoms. The molecule has 1 atom stereocenters. The van der Waals surface area contributed by atoms with Gasteiger partial charge in [-0.25, -0.2) is 4.98 Å². The normalized spacial score (nSPS) is 11.9. The topological polar surface area (TPSA) is 97.1 Å². The highest BCUT2D eigenvalue weighted by molar-refractivity contribution is 8.00. The van der Waals surface area contributed by atoms with Crippen molar-refractivity contribution >= 4 is 57.8 Å². The minimum Gasteiger partial charge on any atom is -0.443 e. The van der Waals surface area contributed by atoms with Gasteiger partial charge in [-0.05, 0) is 57.2 Å². The largest absolute Gasteiger partial charge is 0.443 e. The lowest BCUT2D eigenvalue weighted by Crippen LogP contribution is -2.22. The molecule has 9 heteroatoms. The van der Waals surface area contributed by atoms with Gasteiger partial charge in [0, 0.05) is 21.8 Å². The van der Waals surface area contributed by atoms with Crippen molar-refractivity contribution in [1.29, 1.82) is 0 Å². The van der Waals surface area contributed by atoms with Crippen LogP contribution in [0.5, 0.6) is 0 Å². The van der Waals surface area contributed by atoms with Crippen molar-refractivity contribution in [2.45, 2.75) is 31.2 Å². The minimum absolute atomic E-state index is 0.215. The summed E-state index contributed by atoms with van der Waals surface area (Å²) in [7, 11) is 0. The molecule has 2 aromatic carbocycles. The van der Waals surface area contributed by atoms with E-state index < -0.39 is 5.25 Å². The monoisotopic (exact) mass is 480 g/mol. The van der Waals surface area contributed by atoms with Crippen LogP contribution in [0.4, 0.5) is 11.5 Å². The van der Waals surface area contributed by atoms with Gasteiger partial charge >= 0.3 is 0 Å². The molecule has 2 aromatic heterocycles. The average molecular weight is 481 g/mol. The minimum atomic E-state index is -0.507. The Labute approximate surface area is 199 Å². The van der Waals surface area contributed by atoms with Gasteiger partial charge in [-0.15, -0.1) is 0 Å². The van der Waals surface area contributed by atoms with Gasteiger partial charge in [0.1, 0.15) is 11.6 Å². The van der Waals surface area contributed by atoms with E-state index in [4.69, 9.17) is 16.0 Å². The lowest BCUT2D eigenvalue weighted by Gasteiger charge is -2.12. The molecule has 0 saturated heterocycles. The van der Waals surface area contributed by atoms with E-state index in [1.807, 2.05) is 19.9 Å². The Kier molecular flexibility index (Phi) is 6.67. The fourth-order valence-electron chi connectivity index (χ4n) is 3.13. The highest BCUT2D eigenvalue weighted by Gasteiger charge is 2.22. The van der Waals surface area contributed by atoms with Gasteiger partial charge in [0.25, 0.3) is 5.91 Å². The van der Waals surface area contributed by atoms with Crippen LogP contribution in [0.15, 0.2) is 64.2 Å². The average Bonchev–Trinajstić information content (AvgIpc) is 3.09. The quantitative estimate of drug-likeness (QED) is 0.265. The first kappa shape index (κ1) is 22.8. The highest BCUT2D eigenvalue weighted by Crippen LogP contribution is 2.32. The molecule has 168 valence electrons. The van der Waals surface area contributed by atoms with E-state index in [-0.39, 0.29) is 11.8 Å². The van der Waals surface area contributed by atoms with Crippen molar-refractivity contribution in [1.82, 2.24) is 9.97 Å². The standard InChI is InChI=1S/C24H21ClN4O3S/c1-13-14(2)32-23-19(13)20(27-22(31)16-7-5-4-6-8-16)28-24(29-23)33-15(3)21(30)26-18-11-9-17(25)10-12-18/h4-12,15H,1-3H3,(H,26,30)(H,27,28,29,31). The van der Waals surface area contributed by atoms with Gasteiger partial charge in [0.15, 0.2) is 5.16 Å². The maximum atomic E-state index is 12.8. The number of fused-ring (bicyclic) bond motifs is 1. The number of rotatable bonds is 6. The molecular formula is C24H21ClN4O3S. The SMILES string of the molecule is Cc1oc2nc(SC(C)C(=O)Nc3ccc(Cl)cc3)nc(NC(=O)c3ccccc3)c2c1C. The third kappa shape index (κ3) is 5.18. The number of hydrogen-bond donors (Lipinski definition) is 2. The van der Waals surface area contributed by atoms with Crippen LogP contribution in [-0.2, 0) is 4.79 Å². The number of aryl methyl sites for hydroxylation is 2. The van der Waals surface area contributed by atoms with Crippen molar-refractivity contribution in [2.24, 2.45) is 0 Å². The Balaban J connectivity index is 1.59. The molecule has 2 amide bonds. The lowest BCUT2D eigenvalue weighted by molar-refractivity contribution is -0.115. The summed E-state index contributed by atoms with van der Waals surface area (Å²) in [6.45, 7) is 5.47. The van der Waals surface area contributed by atoms with E-state index in [9.17, 15) is 9.59 Å². The molecule has 0 aliphatic rings. The first-order valence-electron chi connectivity index (χ1n) is 10.2. The van der Waals surface area contributed by atoms with E-state index in [0.29, 0.717) is 44.1 Å². The van der Waals surface area contributed by atoms with E-state index in [2.05, 4.69) is 20.6 Å². The molecule has 0 aliphatic heterocycles. The molecule has 7 nitrogen and oxygen atoms in total. The molecule has 0 fully saturated rings. The number of furan rings is 1. The van der Waals surface area contributed by atoms with Crippen LogP contribution in [0.2, 0.25) is 5.02 Å². The molecule has 0 radical (unpaired) electrons. The number of halogens is 1. The number of thioether (sulfide) groups is 1. The Morgan fingerprint density at radius 3 is 2.39 bits per heavy atom. The van der Waals surface area contributed by atoms with Gasteiger partial charge in [0.05, 0.1) is 10.6 Å². The first-order chi connectivity index (χ1) is 15.8. The number of carbonyl (C=O) groups is 2. The van der Waals surface area contributed by atoms with Gasteiger partial charge in [-0.1, -0.05) is 41.6 Å². The number of hydrogen-bond acceptors (Lipinski definition) is 6. The summed E-state index contributed by atoms with van der Waals surface area (Å²) >= 11 is 7.07. The van der Waals surface area contributed by atoms with Crippen LogP contribution in [0.25, 0.3) is 11.1 Å². The third-order valence-corrected chi connectivity index (χ3v) is 6.25. The molecule has 33 heavy (non-hydrogen) atoms. The first-order valence-corrected chi connectivity index (χ1v) is 11.4. The number of carbonyl (C=O) groups excluding carboxylic acids is 2. The zero-order valence-corrected chi connectivity index (χ0v) is 19.8. The molecule has 4 rings (SSSR count). The van der Waals surface area contributed by atoms with Crippen LogP contribution in [0.1, 0.15) is 28.6 Å². The fraction of sp³-hybridized carbons (Fsp3) is 0.167. The summed E-state index contributed by atoms with van der Waals surface area (Å²) in [5, 5.41) is 6.75. The van der Waals surface area contributed by atoms with Gasteiger partial charge in [-0.3, -0.25) is 9.59 Å². The van der Waals surface area contributed by atoms with Crippen molar-refractivity contribution in [3.63, 3.8) is 0 Å². The summed E-state index contributed by atoms with van der Waals surface area (Å²) in [4.78, 5) is 34.4.